The fraction of sp³-hybridized carbons (Fsp3) is 0. The summed E-state index contributed by atoms with van der Waals surface area (Å²) in [5.74, 6) is 0. The summed E-state index contributed by atoms with van der Waals surface area (Å²) in [5, 5.41) is 0. The van der Waals surface area contributed by atoms with Crippen LogP contribution in [-0.4, -0.2) is 0 Å². The second-order valence-electron chi connectivity index (χ2n) is 0. The van der Waals surface area contributed by atoms with Crippen molar-refractivity contribution >= 4 is 0 Å². The van der Waals surface area contributed by atoms with Crippen LogP contribution in [0, 0.1) is 0 Å². The minimum atomic E-state index is 0. The van der Waals surface area contributed by atoms with Gasteiger partial charge in [-0.3, -0.25) is 0 Å². The number of rotatable bonds is 0. The van der Waals surface area contributed by atoms with Gasteiger partial charge in [0.25, 0.3) is 0 Å². The molecule has 0 aromatic rings. The zero-order valence-corrected chi connectivity index (χ0v) is 29.3. The molecule has 0 saturated heterocycles. The first kappa shape index (κ1) is 66.3. The van der Waals surface area contributed by atoms with Crippen LogP contribution in [0.2, 0.25) is 0 Å². The molecule has 0 N–H and O–H groups in total. The number of hydrogen-bond donors (Lipinski definition) is 0. The first-order chi connectivity index (χ1) is 0. The predicted molar refractivity (Wildman–Crippen MR) is 0 cm³/mol. The third-order valence-electron chi connectivity index (χ3n) is 0. The molecule has 0 rings (SSSR count). The zero-order valence-electron chi connectivity index (χ0n) is 3.58. The molecule has 8 heavy (non-hydrogen) atoms. The second kappa shape index (κ2) is 52.4. The Morgan fingerprint density at radius 1 is 0.125 bits per heavy atom. The Morgan fingerprint density at radius 2 is 0.125 bits per heavy atom. The minimum Gasteiger partial charge on any atom is 0 e. The average molecular weight is 1450 g/mol. The topological polar surface area (TPSA) is 0 Å². The zero-order chi connectivity index (χ0) is 0. The third kappa shape index (κ3) is 40.6. The van der Waals surface area contributed by atoms with E-state index in [2.05, 4.69) is 0 Å². The van der Waals surface area contributed by atoms with Crippen molar-refractivity contribution in [3.8, 4) is 0 Å². The maximum absolute atomic E-state index is 0. The molecule has 0 atom stereocenters. The molecule has 0 amide bonds. The fourth-order valence-electron chi connectivity index (χ4n) is 0. The normalized spacial score (nSPS) is 0. The molecule has 0 unspecified atom stereocenters. The van der Waals surface area contributed by atoms with Crippen LogP contribution in [0.5, 0.6) is 0 Å². The fourth-order valence-corrected chi connectivity index (χ4v) is 0. The van der Waals surface area contributed by atoms with E-state index in [0.717, 1.165) is 0 Å². The van der Waals surface area contributed by atoms with Crippen molar-refractivity contribution in [3.63, 3.8) is 0 Å². The average Bonchev–Trinajstić information content (AvgIpc) is 0. The van der Waals surface area contributed by atoms with E-state index >= 15 is 0 Å². The first-order valence-corrected chi connectivity index (χ1v) is 0. The van der Waals surface area contributed by atoms with E-state index in [1.54, 1.807) is 0 Å². The monoisotopic (exact) mass is 1450 g/mol. The maximum Gasteiger partial charge on any atom is 0 e. The molecule has 0 nitrogen and oxygen atoms in total. The van der Waals surface area contributed by atoms with Gasteiger partial charge in [-0.15, -0.1) is 0 Å². The van der Waals surface area contributed by atoms with Crippen molar-refractivity contribution in [2.24, 2.45) is 0 Å². The molecular formula is Ta8. The molecule has 0 bridgehead atoms. The van der Waals surface area contributed by atoms with Gasteiger partial charge in [-0.05, 0) is 0 Å². The quantitative estimate of drug-likeness (QED) is 0.321. The number of hydrogen-bond acceptors (Lipinski definition) is 0. The summed E-state index contributed by atoms with van der Waals surface area (Å²) in [6, 6.07) is 0. The Morgan fingerprint density at radius 3 is 0.125 bits per heavy atom. The molecule has 0 heterocycles. The van der Waals surface area contributed by atoms with Crippen molar-refractivity contribution in [2.45, 2.75) is 0 Å². The van der Waals surface area contributed by atoms with E-state index in [0.29, 0.717) is 0 Å². The summed E-state index contributed by atoms with van der Waals surface area (Å²) >= 11 is 0. The van der Waals surface area contributed by atoms with Gasteiger partial charge in [0.2, 0.25) is 0 Å². The predicted octanol–water partition coefficient (Wildman–Crippen LogP) is -0.0200. The summed E-state index contributed by atoms with van der Waals surface area (Å²) in [7, 11) is 0. The summed E-state index contributed by atoms with van der Waals surface area (Å²) in [5.41, 5.74) is 0. The van der Waals surface area contributed by atoms with Crippen LogP contribution in [-0.2, 0) is 179 Å². The van der Waals surface area contributed by atoms with Gasteiger partial charge in [-0.1, -0.05) is 0 Å². The standard InChI is InChI=1S/8Ta. The van der Waals surface area contributed by atoms with Crippen LogP contribution in [0.25, 0.3) is 0 Å². The van der Waals surface area contributed by atoms with Crippen LogP contribution in [0.4, 0.5) is 0 Å². The molecule has 0 aromatic heterocycles. The van der Waals surface area contributed by atoms with Crippen LogP contribution >= 0.6 is 0 Å². The third-order valence-corrected chi connectivity index (χ3v) is 0. The minimum absolute atomic E-state index is 0. The van der Waals surface area contributed by atoms with E-state index in [4.69, 9.17) is 0 Å². The van der Waals surface area contributed by atoms with Crippen molar-refractivity contribution in [3.05, 3.63) is 0 Å². The molecule has 0 aliphatic heterocycles. The van der Waals surface area contributed by atoms with Crippen molar-refractivity contribution in [1.29, 1.82) is 0 Å². The van der Waals surface area contributed by atoms with Gasteiger partial charge in [-0.2, -0.15) is 0 Å². The van der Waals surface area contributed by atoms with Crippen LogP contribution < -0.4 is 0 Å². The molecule has 0 aliphatic rings. The van der Waals surface area contributed by atoms with Gasteiger partial charge in [0.15, 0.2) is 0 Å². The van der Waals surface area contributed by atoms with Gasteiger partial charge in [0.1, 0.15) is 0 Å². The molecular weight excluding hydrogens is 1450 g/mol. The van der Waals surface area contributed by atoms with Gasteiger partial charge < -0.3 is 0 Å². The molecule has 8 heteroatoms. The molecule has 0 saturated carbocycles. The largest absolute Gasteiger partial charge is 0 e. The van der Waals surface area contributed by atoms with E-state index in [1.165, 1.54) is 0 Å². The van der Waals surface area contributed by atoms with Crippen LogP contribution in [0.1, 0.15) is 0 Å². The SMILES string of the molecule is [Ta].[Ta].[Ta].[Ta].[Ta].[Ta].[Ta].[Ta]. The Kier molecular flexibility index (Phi) is 434. The van der Waals surface area contributed by atoms with E-state index in [-0.39, 0.29) is 179 Å². The molecule has 0 aliphatic carbocycles. The Labute approximate surface area is 174 Å². The smallest absolute Gasteiger partial charge is 0 e. The molecule has 0 spiro atoms. The van der Waals surface area contributed by atoms with Gasteiger partial charge in [0, 0.05) is 179 Å². The van der Waals surface area contributed by atoms with Crippen LogP contribution in [0.15, 0.2) is 0 Å². The van der Waals surface area contributed by atoms with Crippen LogP contribution in [0.3, 0.4) is 0 Å². The summed E-state index contributed by atoms with van der Waals surface area (Å²) < 4.78 is 0. The van der Waals surface area contributed by atoms with E-state index < -0.39 is 0 Å². The summed E-state index contributed by atoms with van der Waals surface area (Å²) in [4.78, 5) is 0. The summed E-state index contributed by atoms with van der Waals surface area (Å²) in [6.45, 7) is 0. The van der Waals surface area contributed by atoms with E-state index in [1.807, 2.05) is 0 Å². The second-order valence-corrected chi connectivity index (χ2v) is 0. The van der Waals surface area contributed by atoms with Gasteiger partial charge in [-0.25, -0.2) is 0 Å². The Balaban J connectivity index is 0. The molecule has 40 valence electrons. The van der Waals surface area contributed by atoms with Gasteiger partial charge >= 0.3 is 0 Å². The molecule has 0 aromatic carbocycles. The van der Waals surface area contributed by atoms with Crippen molar-refractivity contribution in [2.75, 3.05) is 0 Å². The van der Waals surface area contributed by atoms with Gasteiger partial charge in [0.05, 0.1) is 0 Å². The molecule has 0 fully saturated rings. The van der Waals surface area contributed by atoms with E-state index in [9.17, 15) is 0 Å². The maximum atomic E-state index is 0. The Bertz CT molecular complexity index is 0. The summed E-state index contributed by atoms with van der Waals surface area (Å²) in [6.07, 6.45) is 0. The van der Waals surface area contributed by atoms with Crippen molar-refractivity contribution < 1.29 is 179 Å². The molecule has 8 radical (unpaired) electrons. The Hall–Kier alpha value is 5.92. The first-order valence-electron chi connectivity index (χ1n) is 0. The van der Waals surface area contributed by atoms with Crippen molar-refractivity contribution in [1.82, 2.24) is 0 Å².